The molecule has 1 aliphatic heterocycles. The molecule has 0 saturated carbocycles. The average Bonchev–Trinajstić information content (AvgIpc) is 3.15. The molecular weight excluding hydrogens is 452 g/mol. The van der Waals surface area contributed by atoms with Crippen molar-refractivity contribution in [3.63, 3.8) is 0 Å². The molecule has 3 aromatic rings. The van der Waals surface area contributed by atoms with Gasteiger partial charge in [0, 0.05) is 43.2 Å². The van der Waals surface area contributed by atoms with Gasteiger partial charge in [-0.05, 0) is 43.3 Å². The molecule has 0 aliphatic carbocycles. The van der Waals surface area contributed by atoms with E-state index in [1.54, 1.807) is 42.5 Å². The van der Waals surface area contributed by atoms with Crippen molar-refractivity contribution < 1.29 is 17.9 Å². The number of aryl methyl sites for hydroxylation is 2. The van der Waals surface area contributed by atoms with E-state index < -0.39 is 10.0 Å². The SMILES string of the molecule is CCn1c(CCC(=O)Nc2cccc(Cl)c2)nc2cc(S(=O)(=O)N3CCOCC3)ccc21. The molecule has 0 spiro atoms. The maximum absolute atomic E-state index is 13.0. The van der Waals surface area contributed by atoms with Gasteiger partial charge in [0.25, 0.3) is 0 Å². The standard InChI is InChI=1S/C22H25ClN4O4S/c1-2-27-20-7-6-18(32(29,30)26-10-12-31-13-11-26)15-19(20)25-21(27)8-9-22(28)24-17-5-3-4-16(23)14-17/h3-7,14-15H,2,8-13H2,1H3,(H,24,28). The lowest BCUT2D eigenvalue weighted by Crippen LogP contribution is -2.40. The molecule has 1 amide bonds. The lowest BCUT2D eigenvalue weighted by Gasteiger charge is -2.26. The summed E-state index contributed by atoms with van der Waals surface area (Å²) in [4.78, 5) is 17.3. The topological polar surface area (TPSA) is 93.5 Å². The number of carbonyl (C=O) groups is 1. The van der Waals surface area contributed by atoms with Crippen LogP contribution in [0, 0.1) is 0 Å². The summed E-state index contributed by atoms with van der Waals surface area (Å²) in [5.41, 5.74) is 2.09. The van der Waals surface area contributed by atoms with Gasteiger partial charge in [0.15, 0.2) is 0 Å². The van der Waals surface area contributed by atoms with Crippen molar-refractivity contribution in [2.24, 2.45) is 0 Å². The zero-order valence-corrected chi connectivity index (χ0v) is 19.3. The molecule has 8 nitrogen and oxygen atoms in total. The van der Waals surface area contributed by atoms with E-state index in [1.165, 1.54) is 4.31 Å². The minimum Gasteiger partial charge on any atom is -0.379 e. The van der Waals surface area contributed by atoms with Crippen LogP contribution in [-0.4, -0.2) is 54.5 Å². The van der Waals surface area contributed by atoms with E-state index in [1.807, 2.05) is 11.5 Å². The predicted molar refractivity (Wildman–Crippen MR) is 123 cm³/mol. The summed E-state index contributed by atoms with van der Waals surface area (Å²) in [7, 11) is -3.60. The number of carbonyl (C=O) groups excluding carboxylic acids is 1. The van der Waals surface area contributed by atoms with E-state index in [9.17, 15) is 13.2 Å². The van der Waals surface area contributed by atoms with Gasteiger partial charge in [0.05, 0.1) is 29.1 Å². The minimum atomic E-state index is -3.60. The summed E-state index contributed by atoms with van der Waals surface area (Å²) < 4.78 is 34.7. The monoisotopic (exact) mass is 476 g/mol. The molecule has 1 saturated heterocycles. The van der Waals surface area contributed by atoms with E-state index in [0.29, 0.717) is 55.5 Å². The quantitative estimate of drug-likeness (QED) is 0.564. The van der Waals surface area contributed by atoms with Crippen molar-refractivity contribution >= 4 is 44.3 Å². The Morgan fingerprint density at radius 1 is 1.19 bits per heavy atom. The summed E-state index contributed by atoms with van der Waals surface area (Å²) in [5, 5.41) is 3.39. The number of nitrogens with one attached hydrogen (secondary N) is 1. The van der Waals surface area contributed by atoms with E-state index in [2.05, 4.69) is 10.3 Å². The normalized spacial score (nSPS) is 15.2. The molecule has 4 rings (SSSR count). The van der Waals surface area contributed by atoms with Gasteiger partial charge in [0.2, 0.25) is 15.9 Å². The largest absolute Gasteiger partial charge is 0.379 e. The molecule has 1 fully saturated rings. The summed E-state index contributed by atoms with van der Waals surface area (Å²) in [6.45, 7) is 4.14. The Kier molecular flexibility index (Phi) is 6.80. The summed E-state index contributed by atoms with van der Waals surface area (Å²) in [6.07, 6.45) is 0.676. The first kappa shape index (κ1) is 22.7. The Balaban J connectivity index is 1.52. The Hall–Kier alpha value is -2.46. The Morgan fingerprint density at radius 2 is 1.97 bits per heavy atom. The number of imidazole rings is 1. The van der Waals surface area contributed by atoms with Gasteiger partial charge >= 0.3 is 0 Å². The molecule has 1 N–H and O–H groups in total. The van der Waals surface area contributed by atoms with Gasteiger partial charge in [-0.2, -0.15) is 4.31 Å². The Bertz CT molecular complexity index is 1240. The van der Waals surface area contributed by atoms with Crippen LogP contribution >= 0.6 is 11.6 Å². The number of rotatable bonds is 7. The van der Waals surface area contributed by atoms with Crippen LogP contribution in [0.5, 0.6) is 0 Å². The molecule has 170 valence electrons. The van der Waals surface area contributed by atoms with Gasteiger partial charge in [-0.25, -0.2) is 13.4 Å². The third kappa shape index (κ3) is 4.80. The van der Waals surface area contributed by atoms with Crippen molar-refractivity contribution in [2.75, 3.05) is 31.6 Å². The second-order valence-electron chi connectivity index (χ2n) is 7.50. The van der Waals surface area contributed by atoms with Gasteiger partial charge in [0.1, 0.15) is 5.82 Å². The van der Waals surface area contributed by atoms with E-state index in [4.69, 9.17) is 16.3 Å². The van der Waals surface area contributed by atoms with Crippen molar-refractivity contribution in [1.82, 2.24) is 13.9 Å². The van der Waals surface area contributed by atoms with Crippen LogP contribution in [0.2, 0.25) is 5.02 Å². The number of benzene rings is 2. The fourth-order valence-electron chi connectivity index (χ4n) is 3.81. The number of aromatic nitrogens is 2. The lowest BCUT2D eigenvalue weighted by molar-refractivity contribution is -0.116. The van der Waals surface area contributed by atoms with Crippen LogP contribution in [0.1, 0.15) is 19.2 Å². The second-order valence-corrected chi connectivity index (χ2v) is 9.87. The molecule has 2 heterocycles. The molecule has 1 aromatic heterocycles. The Labute approximate surface area is 192 Å². The highest BCUT2D eigenvalue weighted by molar-refractivity contribution is 7.89. The smallest absolute Gasteiger partial charge is 0.243 e. The number of hydrogen-bond donors (Lipinski definition) is 1. The summed E-state index contributed by atoms with van der Waals surface area (Å²) in [6, 6.07) is 12.0. The second kappa shape index (κ2) is 9.58. The highest BCUT2D eigenvalue weighted by atomic mass is 35.5. The third-order valence-electron chi connectivity index (χ3n) is 5.41. The molecule has 32 heavy (non-hydrogen) atoms. The third-order valence-corrected chi connectivity index (χ3v) is 7.54. The van der Waals surface area contributed by atoms with Gasteiger partial charge < -0.3 is 14.6 Å². The fourth-order valence-corrected chi connectivity index (χ4v) is 5.43. The molecule has 0 atom stereocenters. The van der Waals surface area contributed by atoms with Gasteiger partial charge in [-0.15, -0.1) is 0 Å². The minimum absolute atomic E-state index is 0.141. The zero-order chi connectivity index (χ0) is 22.7. The summed E-state index contributed by atoms with van der Waals surface area (Å²) in [5.74, 6) is 0.599. The number of morpholine rings is 1. The number of halogens is 1. The molecule has 0 bridgehead atoms. The molecule has 0 radical (unpaired) electrons. The number of anilines is 1. The van der Waals surface area contributed by atoms with Crippen LogP contribution in [-0.2, 0) is 32.5 Å². The number of ether oxygens (including phenoxy) is 1. The van der Waals surface area contributed by atoms with E-state index >= 15 is 0 Å². The maximum atomic E-state index is 13.0. The van der Waals surface area contributed by atoms with Crippen molar-refractivity contribution in [2.45, 2.75) is 31.2 Å². The number of amides is 1. The van der Waals surface area contributed by atoms with Crippen molar-refractivity contribution in [3.8, 4) is 0 Å². The molecular formula is C22H25ClN4O4S. The number of sulfonamides is 1. The lowest BCUT2D eigenvalue weighted by atomic mass is 10.2. The predicted octanol–water partition coefficient (Wildman–Crippen LogP) is 3.30. The first-order valence-corrected chi connectivity index (χ1v) is 12.3. The number of fused-ring (bicyclic) bond motifs is 1. The maximum Gasteiger partial charge on any atom is 0.243 e. The van der Waals surface area contributed by atoms with E-state index in [-0.39, 0.29) is 17.2 Å². The average molecular weight is 477 g/mol. The zero-order valence-electron chi connectivity index (χ0n) is 17.8. The highest BCUT2D eigenvalue weighted by Crippen LogP contribution is 2.24. The molecule has 1 aliphatic rings. The van der Waals surface area contributed by atoms with Crippen LogP contribution in [0.25, 0.3) is 11.0 Å². The van der Waals surface area contributed by atoms with Crippen LogP contribution in [0.15, 0.2) is 47.4 Å². The van der Waals surface area contributed by atoms with Crippen molar-refractivity contribution in [3.05, 3.63) is 53.3 Å². The molecule has 2 aromatic carbocycles. The number of hydrogen-bond acceptors (Lipinski definition) is 5. The van der Waals surface area contributed by atoms with Gasteiger partial charge in [-0.3, -0.25) is 4.79 Å². The Morgan fingerprint density at radius 3 is 2.69 bits per heavy atom. The fraction of sp³-hybridized carbons (Fsp3) is 0.364. The van der Waals surface area contributed by atoms with Crippen LogP contribution in [0.3, 0.4) is 0 Å². The number of nitrogens with zero attached hydrogens (tertiary/aromatic N) is 3. The molecule has 0 unspecified atom stereocenters. The first-order valence-electron chi connectivity index (χ1n) is 10.5. The van der Waals surface area contributed by atoms with Crippen molar-refractivity contribution in [1.29, 1.82) is 0 Å². The van der Waals surface area contributed by atoms with E-state index in [0.717, 1.165) is 11.3 Å². The summed E-state index contributed by atoms with van der Waals surface area (Å²) >= 11 is 5.96. The van der Waals surface area contributed by atoms with Gasteiger partial charge in [-0.1, -0.05) is 17.7 Å². The molecule has 10 heteroatoms. The highest BCUT2D eigenvalue weighted by Gasteiger charge is 2.27. The van der Waals surface area contributed by atoms with Crippen LogP contribution in [0.4, 0.5) is 5.69 Å². The van der Waals surface area contributed by atoms with Crippen LogP contribution < -0.4 is 5.32 Å². The first-order chi connectivity index (χ1) is 15.4.